The summed E-state index contributed by atoms with van der Waals surface area (Å²) in [5.74, 6) is -0.191. The Balaban J connectivity index is 2.22. The highest BCUT2D eigenvalue weighted by atomic mass is 79.9. The van der Waals surface area contributed by atoms with Crippen molar-refractivity contribution in [1.29, 1.82) is 0 Å². The van der Waals surface area contributed by atoms with E-state index in [1.165, 1.54) is 4.88 Å². The molecule has 0 spiro atoms. The predicted octanol–water partition coefficient (Wildman–Crippen LogP) is 4.70. The van der Waals surface area contributed by atoms with Crippen LogP contribution in [0.15, 0.2) is 34.1 Å². The highest BCUT2D eigenvalue weighted by molar-refractivity contribution is 9.10. The number of halogens is 2. The van der Waals surface area contributed by atoms with Gasteiger partial charge in [-0.05, 0) is 52.5 Å². The van der Waals surface area contributed by atoms with Crippen LogP contribution in [-0.4, -0.2) is 13.0 Å². The molecule has 2 aromatic rings. The van der Waals surface area contributed by atoms with Crippen LogP contribution in [0, 0.1) is 0 Å². The SMILES string of the molecule is CNC(=O)c1cc(NC(C)c2sccc2Br)ccc1Cl. The highest BCUT2D eigenvalue weighted by Gasteiger charge is 2.13. The van der Waals surface area contributed by atoms with Gasteiger partial charge in [0.2, 0.25) is 0 Å². The summed E-state index contributed by atoms with van der Waals surface area (Å²) in [6, 6.07) is 7.52. The minimum atomic E-state index is -0.191. The maximum atomic E-state index is 11.7. The molecule has 1 unspecified atom stereocenters. The van der Waals surface area contributed by atoms with Gasteiger partial charge in [-0.2, -0.15) is 0 Å². The zero-order chi connectivity index (χ0) is 14.7. The lowest BCUT2D eigenvalue weighted by atomic mass is 10.1. The van der Waals surface area contributed by atoms with E-state index >= 15 is 0 Å². The molecule has 20 heavy (non-hydrogen) atoms. The Kier molecular flexibility index (Phi) is 5.07. The molecule has 6 heteroatoms. The summed E-state index contributed by atoms with van der Waals surface area (Å²) in [4.78, 5) is 12.9. The number of benzene rings is 1. The molecule has 0 bridgehead atoms. The molecule has 2 rings (SSSR count). The maximum Gasteiger partial charge on any atom is 0.252 e. The smallest absolute Gasteiger partial charge is 0.252 e. The standard InChI is InChI=1S/C14H14BrClN2OS/c1-8(13-11(15)5-6-20-13)18-9-3-4-12(16)10(7-9)14(19)17-2/h3-8,18H,1-2H3,(H,17,19). The Hall–Kier alpha value is -1.04. The summed E-state index contributed by atoms with van der Waals surface area (Å²) < 4.78 is 1.09. The maximum absolute atomic E-state index is 11.7. The molecule has 0 aliphatic carbocycles. The second-order valence-corrected chi connectivity index (χ2v) is 6.48. The van der Waals surface area contributed by atoms with Crippen LogP contribution in [0.2, 0.25) is 5.02 Å². The van der Waals surface area contributed by atoms with E-state index in [2.05, 4.69) is 33.5 Å². The van der Waals surface area contributed by atoms with Crippen molar-refractivity contribution in [3.8, 4) is 0 Å². The van der Waals surface area contributed by atoms with E-state index < -0.39 is 0 Å². The Morgan fingerprint density at radius 3 is 2.75 bits per heavy atom. The van der Waals surface area contributed by atoms with Crippen LogP contribution in [0.25, 0.3) is 0 Å². The Morgan fingerprint density at radius 1 is 1.40 bits per heavy atom. The van der Waals surface area contributed by atoms with Crippen molar-refractivity contribution in [2.45, 2.75) is 13.0 Å². The molecule has 0 aliphatic heterocycles. The number of rotatable bonds is 4. The van der Waals surface area contributed by atoms with Crippen LogP contribution in [-0.2, 0) is 0 Å². The zero-order valence-electron chi connectivity index (χ0n) is 11.0. The molecule has 0 aliphatic rings. The molecule has 0 radical (unpaired) electrons. The summed E-state index contributed by atoms with van der Waals surface area (Å²) in [6.45, 7) is 2.07. The van der Waals surface area contributed by atoms with Crippen LogP contribution in [0.1, 0.15) is 28.2 Å². The van der Waals surface area contributed by atoms with Crippen LogP contribution in [0.4, 0.5) is 5.69 Å². The highest BCUT2D eigenvalue weighted by Crippen LogP contribution is 2.31. The number of hydrogen-bond acceptors (Lipinski definition) is 3. The van der Waals surface area contributed by atoms with Crippen LogP contribution < -0.4 is 10.6 Å². The Morgan fingerprint density at radius 2 is 2.15 bits per heavy atom. The van der Waals surface area contributed by atoms with E-state index in [1.807, 2.05) is 17.5 Å². The Bertz CT molecular complexity index is 629. The lowest BCUT2D eigenvalue weighted by Gasteiger charge is -2.15. The average Bonchev–Trinajstić information content (AvgIpc) is 2.86. The molecule has 0 fully saturated rings. The van der Waals surface area contributed by atoms with Crippen molar-refractivity contribution in [3.05, 3.63) is 49.6 Å². The van der Waals surface area contributed by atoms with Gasteiger partial charge in [-0.1, -0.05) is 11.6 Å². The number of carbonyl (C=O) groups excluding carboxylic acids is 1. The van der Waals surface area contributed by atoms with E-state index in [4.69, 9.17) is 11.6 Å². The lowest BCUT2D eigenvalue weighted by molar-refractivity contribution is 0.0963. The van der Waals surface area contributed by atoms with Crippen molar-refractivity contribution >= 4 is 50.5 Å². The van der Waals surface area contributed by atoms with E-state index in [0.29, 0.717) is 10.6 Å². The van der Waals surface area contributed by atoms with Crippen molar-refractivity contribution in [3.63, 3.8) is 0 Å². The normalized spacial score (nSPS) is 12.0. The number of nitrogens with one attached hydrogen (secondary N) is 2. The summed E-state index contributed by atoms with van der Waals surface area (Å²) >= 11 is 11.2. The molecule has 1 aromatic heterocycles. The molecule has 0 saturated heterocycles. The first-order valence-corrected chi connectivity index (χ1v) is 8.09. The second kappa shape index (κ2) is 6.61. The summed E-state index contributed by atoms with van der Waals surface area (Å²) in [6.07, 6.45) is 0. The van der Waals surface area contributed by atoms with Gasteiger partial charge in [0.15, 0.2) is 0 Å². The van der Waals surface area contributed by atoms with E-state index in [1.54, 1.807) is 30.5 Å². The van der Waals surface area contributed by atoms with Gasteiger partial charge >= 0.3 is 0 Å². The van der Waals surface area contributed by atoms with Crippen LogP contribution in [0.3, 0.4) is 0 Å². The third-order valence-corrected chi connectivity index (χ3v) is 5.24. The van der Waals surface area contributed by atoms with Gasteiger partial charge in [0, 0.05) is 22.1 Å². The van der Waals surface area contributed by atoms with Gasteiger partial charge in [-0.25, -0.2) is 0 Å². The van der Waals surface area contributed by atoms with Gasteiger partial charge in [0.25, 0.3) is 5.91 Å². The number of hydrogen-bond donors (Lipinski definition) is 2. The van der Waals surface area contributed by atoms with E-state index in [9.17, 15) is 4.79 Å². The van der Waals surface area contributed by atoms with Gasteiger partial charge in [0.05, 0.1) is 16.6 Å². The van der Waals surface area contributed by atoms with E-state index in [-0.39, 0.29) is 11.9 Å². The fourth-order valence-electron chi connectivity index (χ4n) is 1.85. The molecule has 0 saturated carbocycles. The molecule has 1 aromatic carbocycles. The first-order valence-electron chi connectivity index (χ1n) is 6.04. The quantitative estimate of drug-likeness (QED) is 0.816. The molecular weight excluding hydrogens is 360 g/mol. The summed E-state index contributed by atoms with van der Waals surface area (Å²) in [7, 11) is 1.59. The van der Waals surface area contributed by atoms with Crippen molar-refractivity contribution in [2.75, 3.05) is 12.4 Å². The van der Waals surface area contributed by atoms with Crippen molar-refractivity contribution < 1.29 is 4.79 Å². The predicted molar refractivity (Wildman–Crippen MR) is 88.9 cm³/mol. The molecule has 106 valence electrons. The van der Waals surface area contributed by atoms with Crippen LogP contribution >= 0.6 is 38.9 Å². The summed E-state index contributed by atoms with van der Waals surface area (Å²) in [5.41, 5.74) is 1.33. The number of amides is 1. The third-order valence-electron chi connectivity index (χ3n) is 2.86. The van der Waals surface area contributed by atoms with Gasteiger partial charge in [0.1, 0.15) is 0 Å². The number of carbonyl (C=O) groups is 1. The first-order chi connectivity index (χ1) is 9.52. The topological polar surface area (TPSA) is 41.1 Å². The molecule has 2 N–H and O–H groups in total. The molecule has 3 nitrogen and oxygen atoms in total. The lowest BCUT2D eigenvalue weighted by Crippen LogP contribution is -2.18. The zero-order valence-corrected chi connectivity index (χ0v) is 14.2. The number of thiophene rings is 1. The minimum Gasteiger partial charge on any atom is -0.378 e. The molecular formula is C14H14BrClN2OS. The summed E-state index contributed by atoms with van der Waals surface area (Å²) in [5, 5.41) is 8.44. The molecule has 1 heterocycles. The molecule has 1 amide bonds. The number of anilines is 1. The monoisotopic (exact) mass is 372 g/mol. The van der Waals surface area contributed by atoms with E-state index in [0.717, 1.165) is 10.2 Å². The largest absolute Gasteiger partial charge is 0.378 e. The Labute approximate surface area is 135 Å². The van der Waals surface area contributed by atoms with Gasteiger partial charge in [-0.15, -0.1) is 11.3 Å². The van der Waals surface area contributed by atoms with Crippen LogP contribution in [0.5, 0.6) is 0 Å². The fourth-order valence-corrected chi connectivity index (χ4v) is 3.78. The van der Waals surface area contributed by atoms with Gasteiger partial charge in [-0.3, -0.25) is 4.79 Å². The first kappa shape index (κ1) is 15.4. The second-order valence-electron chi connectivity index (χ2n) is 4.27. The minimum absolute atomic E-state index is 0.142. The van der Waals surface area contributed by atoms with Crippen molar-refractivity contribution in [2.24, 2.45) is 0 Å². The fraction of sp³-hybridized carbons (Fsp3) is 0.214. The van der Waals surface area contributed by atoms with Gasteiger partial charge < -0.3 is 10.6 Å². The molecule has 1 atom stereocenters. The third kappa shape index (κ3) is 3.34. The average molecular weight is 374 g/mol. The van der Waals surface area contributed by atoms with Crippen molar-refractivity contribution in [1.82, 2.24) is 5.32 Å².